The fraction of sp³-hybridized carbons (Fsp3) is 0.250. The molecule has 0 nitrogen and oxygen atoms in total. The van der Waals surface area contributed by atoms with Crippen molar-refractivity contribution < 1.29 is 4.39 Å². The van der Waals surface area contributed by atoms with Gasteiger partial charge in [-0.25, -0.2) is 4.39 Å². The van der Waals surface area contributed by atoms with Gasteiger partial charge in [-0.1, -0.05) is 54.1 Å². The Balaban J connectivity index is 0.000000302. The summed E-state index contributed by atoms with van der Waals surface area (Å²) in [6.45, 7) is 14.5. The first-order valence-electron chi connectivity index (χ1n) is 5.54. The molecule has 1 rings (SSSR count). The van der Waals surface area contributed by atoms with Crippen molar-refractivity contribution in [2.24, 2.45) is 0 Å². The second-order valence-electron chi connectivity index (χ2n) is 4.27. The molecule has 92 valence electrons. The largest absolute Gasteiger partial charge is 0.207 e. The average Bonchev–Trinajstić information content (AvgIpc) is 2.22. The highest BCUT2D eigenvalue weighted by molar-refractivity contribution is 5.27. The molecule has 0 aliphatic carbocycles. The summed E-state index contributed by atoms with van der Waals surface area (Å²) in [5.74, 6) is -0.289. The first-order chi connectivity index (χ1) is 7.82. The molecule has 0 aromatic heterocycles. The Bertz CT molecular complexity index is 387. The van der Waals surface area contributed by atoms with E-state index in [-0.39, 0.29) is 5.83 Å². The van der Waals surface area contributed by atoms with Gasteiger partial charge in [-0.2, -0.15) is 0 Å². The lowest BCUT2D eigenvalue weighted by molar-refractivity contribution is 0.651. The number of hydrogen-bond donors (Lipinski definition) is 0. The highest BCUT2D eigenvalue weighted by Gasteiger charge is 1.91. The van der Waals surface area contributed by atoms with Gasteiger partial charge in [-0.05, 0) is 39.3 Å². The van der Waals surface area contributed by atoms with Crippen molar-refractivity contribution in [1.82, 2.24) is 0 Å². The van der Waals surface area contributed by atoms with Crippen molar-refractivity contribution in [3.8, 4) is 0 Å². The summed E-state index contributed by atoms with van der Waals surface area (Å²) in [5, 5.41) is 0. The van der Waals surface area contributed by atoms with Crippen LogP contribution in [0.25, 0.3) is 0 Å². The predicted molar refractivity (Wildman–Crippen MR) is 74.7 cm³/mol. The Morgan fingerprint density at radius 3 is 1.53 bits per heavy atom. The fourth-order valence-electron chi connectivity index (χ4n) is 0.976. The monoisotopic (exact) mass is 232 g/mol. The topological polar surface area (TPSA) is 0 Å². The first-order valence-corrected chi connectivity index (χ1v) is 5.54. The molecule has 0 radical (unpaired) electrons. The molecule has 0 heterocycles. The molecule has 0 fully saturated rings. The molecule has 0 saturated carbocycles. The van der Waals surface area contributed by atoms with E-state index in [0.29, 0.717) is 11.1 Å². The zero-order chi connectivity index (χ0) is 13.4. The molecule has 0 aliphatic rings. The summed E-state index contributed by atoms with van der Waals surface area (Å²) < 4.78 is 12.5. The zero-order valence-corrected chi connectivity index (χ0v) is 11.2. The van der Waals surface area contributed by atoms with E-state index in [4.69, 9.17) is 0 Å². The van der Waals surface area contributed by atoms with Crippen molar-refractivity contribution in [3.63, 3.8) is 0 Å². The second-order valence-corrected chi connectivity index (χ2v) is 4.27. The fourth-order valence-corrected chi connectivity index (χ4v) is 0.976. The number of aryl methyl sites for hydroxylation is 2. The van der Waals surface area contributed by atoms with Crippen LogP contribution in [0.2, 0.25) is 0 Å². The van der Waals surface area contributed by atoms with Gasteiger partial charge >= 0.3 is 0 Å². The lowest BCUT2D eigenvalue weighted by Crippen LogP contribution is -1.73. The molecule has 0 saturated heterocycles. The van der Waals surface area contributed by atoms with E-state index in [2.05, 4.69) is 51.3 Å². The third-order valence-corrected chi connectivity index (χ3v) is 2.00. The normalized spacial score (nSPS) is 10.3. The molecule has 1 aromatic rings. The number of hydrogen-bond acceptors (Lipinski definition) is 0. The molecule has 17 heavy (non-hydrogen) atoms. The van der Waals surface area contributed by atoms with Crippen LogP contribution in [-0.4, -0.2) is 0 Å². The summed E-state index contributed by atoms with van der Waals surface area (Å²) in [6.07, 6.45) is 1.36. The van der Waals surface area contributed by atoms with Gasteiger partial charge in [0.25, 0.3) is 0 Å². The van der Waals surface area contributed by atoms with Crippen molar-refractivity contribution >= 4 is 0 Å². The molecule has 0 bridgehead atoms. The first kappa shape index (κ1) is 15.4. The summed E-state index contributed by atoms with van der Waals surface area (Å²) in [7, 11) is 0. The third kappa shape index (κ3) is 8.21. The average molecular weight is 232 g/mol. The Hall–Kier alpha value is -1.63. The van der Waals surface area contributed by atoms with Crippen LogP contribution in [0.5, 0.6) is 0 Å². The van der Waals surface area contributed by atoms with Crippen molar-refractivity contribution in [1.29, 1.82) is 0 Å². The molecular formula is C16H21F. The molecule has 0 atom stereocenters. The molecular weight excluding hydrogens is 211 g/mol. The lowest BCUT2D eigenvalue weighted by atomic mass is 10.2. The maximum Gasteiger partial charge on any atom is 0.125 e. The van der Waals surface area contributed by atoms with Crippen LogP contribution in [0, 0.1) is 13.8 Å². The zero-order valence-electron chi connectivity index (χ0n) is 11.2. The highest BCUT2D eigenvalue weighted by atomic mass is 19.1. The van der Waals surface area contributed by atoms with Crippen molar-refractivity contribution in [2.75, 3.05) is 0 Å². The minimum absolute atomic E-state index is 0.289. The molecule has 1 aromatic carbocycles. The van der Waals surface area contributed by atoms with E-state index >= 15 is 0 Å². The van der Waals surface area contributed by atoms with E-state index in [1.54, 1.807) is 13.8 Å². The number of halogens is 1. The minimum atomic E-state index is -0.289. The van der Waals surface area contributed by atoms with Gasteiger partial charge in [0.05, 0.1) is 0 Å². The van der Waals surface area contributed by atoms with E-state index in [0.717, 1.165) is 0 Å². The van der Waals surface area contributed by atoms with Crippen LogP contribution >= 0.6 is 0 Å². The van der Waals surface area contributed by atoms with Crippen LogP contribution in [-0.2, 0) is 0 Å². The van der Waals surface area contributed by atoms with Gasteiger partial charge in [0.15, 0.2) is 0 Å². The smallest absolute Gasteiger partial charge is 0.125 e. The summed E-state index contributed by atoms with van der Waals surface area (Å²) >= 11 is 0. The van der Waals surface area contributed by atoms with E-state index in [9.17, 15) is 4.39 Å². The predicted octanol–water partition coefficient (Wildman–Crippen LogP) is 5.30. The van der Waals surface area contributed by atoms with E-state index in [1.807, 2.05) is 0 Å². The van der Waals surface area contributed by atoms with Gasteiger partial charge in [-0.3, -0.25) is 0 Å². The number of allylic oxidation sites excluding steroid dienone is 4. The highest BCUT2D eigenvalue weighted by Crippen LogP contribution is 2.09. The van der Waals surface area contributed by atoms with E-state index in [1.165, 1.54) is 17.2 Å². The lowest BCUT2D eigenvalue weighted by Gasteiger charge is -1.91. The van der Waals surface area contributed by atoms with Crippen LogP contribution in [0.15, 0.2) is 60.5 Å². The molecule has 0 amide bonds. The summed E-state index contributed by atoms with van der Waals surface area (Å²) in [6, 6.07) is 8.48. The van der Waals surface area contributed by atoms with Gasteiger partial charge in [0.1, 0.15) is 5.83 Å². The van der Waals surface area contributed by atoms with Gasteiger partial charge in [0, 0.05) is 0 Å². The summed E-state index contributed by atoms with van der Waals surface area (Å²) in [5.41, 5.74) is 3.81. The number of benzene rings is 1. The molecule has 0 N–H and O–H groups in total. The number of rotatable bonds is 2. The Morgan fingerprint density at radius 2 is 1.35 bits per heavy atom. The van der Waals surface area contributed by atoms with Crippen LogP contribution in [0.1, 0.15) is 25.0 Å². The Morgan fingerprint density at radius 1 is 1.00 bits per heavy atom. The van der Waals surface area contributed by atoms with Gasteiger partial charge < -0.3 is 0 Å². The Labute approximate surface area is 104 Å². The standard InChI is InChI=1S/C8H11F.C8H10/c1-6(2)5-8(9)7(3)4;1-7-3-5-8(2)6-4-7/h5H,1,3H2,2,4H3;3-6H,1-2H3/b8-5+;. The quantitative estimate of drug-likeness (QED) is 0.607. The van der Waals surface area contributed by atoms with E-state index < -0.39 is 0 Å². The SMILES string of the molecule is C=C(C)/C=C(/F)C(=C)C.Cc1ccc(C)cc1. The van der Waals surface area contributed by atoms with Gasteiger partial charge in [0.2, 0.25) is 0 Å². The maximum atomic E-state index is 12.5. The maximum absolute atomic E-state index is 12.5. The van der Waals surface area contributed by atoms with Crippen molar-refractivity contribution in [3.05, 3.63) is 71.6 Å². The van der Waals surface area contributed by atoms with Crippen LogP contribution < -0.4 is 0 Å². The van der Waals surface area contributed by atoms with Crippen molar-refractivity contribution in [2.45, 2.75) is 27.7 Å². The van der Waals surface area contributed by atoms with Crippen LogP contribution in [0.3, 0.4) is 0 Å². The Kier molecular flexibility index (Phi) is 6.88. The molecule has 0 spiro atoms. The molecule has 0 unspecified atom stereocenters. The molecule has 0 aliphatic heterocycles. The summed E-state index contributed by atoms with van der Waals surface area (Å²) in [4.78, 5) is 0. The van der Waals surface area contributed by atoms with Crippen LogP contribution in [0.4, 0.5) is 4.39 Å². The molecule has 1 heteroatoms. The van der Waals surface area contributed by atoms with Gasteiger partial charge in [-0.15, -0.1) is 0 Å². The minimum Gasteiger partial charge on any atom is -0.207 e. The third-order valence-electron chi connectivity index (χ3n) is 2.00. The second kappa shape index (κ2) is 7.61.